The van der Waals surface area contributed by atoms with Gasteiger partial charge in [-0.3, -0.25) is 4.57 Å². The molecule has 3 aromatic carbocycles. The number of thioether (sulfide) groups is 1. The van der Waals surface area contributed by atoms with Crippen LogP contribution >= 0.6 is 35.0 Å². The zero-order valence-corrected chi connectivity index (χ0v) is 18.2. The van der Waals surface area contributed by atoms with Gasteiger partial charge in [0, 0.05) is 15.8 Å². The third kappa shape index (κ3) is 4.17. The SMILES string of the molecule is COc1ccc(-n2c(SCc3c(Cl)cccc3Cl)nnc2-c2ccccc2F)cc1. The van der Waals surface area contributed by atoms with Crippen LogP contribution in [0.3, 0.4) is 0 Å². The molecule has 0 bridgehead atoms. The molecule has 0 saturated carbocycles. The maximum Gasteiger partial charge on any atom is 0.196 e. The molecule has 0 aliphatic carbocycles. The van der Waals surface area contributed by atoms with Crippen molar-refractivity contribution in [2.24, 2.45) is 0 Å². The zero-order valence-electron chi connectivity index (χ0n) is 15.8. The topological polar surface area (TPSA) is 39.9 Å². The van der Waals surface area contributed by atoms with Crippen molar-refractivity contribution < 1.29 is 9.13 Å². The van der Waals surface area contributed by atoms with E-state index in [4.69, 9.17) is 27.9 Å². The van der Waals surface area contributed by atoms with Crippen LogP contribution < -0.4 is 4.74 Å². The lowest BCUT2D eigenvalue weighted by Crippen LogP contribution is -2.01. The van der Waals surface area contributed by atoms with E-state index in [9.17, 15) is 4.39 Å². The molecule has 4 aromatic rings. The van der Waals surface area contributed by atoms with Crippen LogP contribution in [0.2, 0.25) is 10.0 Å². The van der Waals surface area contributed by atoms with E-state index in [1.54, 1.807) is 43.5 Å². The van der Waals surface area contributed by atoms with Crippen molar-refractivity contribution in [1.82, 2.24) is 14.8 Å². The van der Waals surface area contributed by atoms with Crippen molar-refractivity contribution in [2.45, 2.75) is 10.9 Å². The summed E-state index contributed by atoms with van der Waals surface area (Å²) in [5, 5.41) is 10.4. The number of rotatable bonds is 6. The van der Waals surface area contributed by atoms with Gasteiger partial charge in [-0.2, -0.15) is 0 Å². The number of aromatic nitrogens is 3. The Morgan fingerprint density at radius 1 is 0.933 bits per heavy atom. The summed E-state index contributed by atoms with van der Waals surface area (Å²) in [6.45, 7) is 0. The van der Waals surface area contributed by atoms with Gasteiger partial charge in [-0.05, 0) is 54.1 Å². The van der Waals surface area contributed by atoms with Crippen molar-refractivity contribution in [3.05, 3.63) is 88.2 Å². The quantitative estimate of drug-likeness (QED) is 0.301. The summed E-state index contributed by atoms with van der Waals surface area (Å²) < 4.78 is 21.6. The van der Waals surface area contributed by atoms with Gasteiger partial charge in [0.15, 0.2) is 11.0 Å². The van der Waals surface area contributed by atoms with Gasteiger partial charge in [-0.1, -0.05) is 53.2 Å². The Bertz CT molecular complexity index is 1160. The number of ether oxygens (including phenoxy) is 1. The van der Waals surface area contributed by atoms with E-state index in [0.717, 1.165) is 17.0 Å². The number of hydrogen-bond donors (Lipinski definition) is 0. The maximum absolute atomic E-state index is 14.5. The highest BCUT2D eigenvalue weighted by molar-refractivity contribution is 7.98. The van der Waals surface area contributed by atoms with Crippen molar-refractivity contribution in [3.63, 3.8) is 0 Å². The van der Waals surface area contributed by atoms with Gasteiger partial charge in [-0.25, -0.2) is 4.39 Å². The summed E-state index contributed by atoms with van der Waals surface area (Å²) in [5.74, 6) is 1.25. The molecule has 152 valence electrons. The summed E-state index contributed by atoms with van der Waals surface area (Å²) in [6.07, 6.45) is 0. The van der Waals surface area contributed by atoms with E-state index in [2.05, 4.69) is 10.2 Å². The van der Waals surface area contributed by atoms with Gasteiger partial charge in [0.25, 0.3) is 0 Å². The van der Waals surface area contributed by atoms with Crippen LogP contribution in [0.5, 0.6) is 5.75 Å². The largest absolute Gasteiger partial charge is 0.497 e. The minimum atomic E-state index is -0.370. The second-order valence-corrected chi connectivity index (χ2v) is 8.07. The van der Waals surface area contributed by atoms with E-state index >= 15 is 0 Å². The fraction of sp³-hybridized carbons (Fsp3) is 0.0909. The molecule has 4 rings (SSSR count). The molecule has 4 nitrogen and oxygen atoms in total. The Kier molecular flexibility index (Phi) is 6.27. The summed E-state index contributed by atoms with van der Waals surface area (Å²) in [7, 11) is 1.60. The first-order chi connectivity index (χ1) is 14.6. The Labute approximate surface area is 187 Å². The van der Waals surface area contributed by atoms with E-state index in [0.29, 0.717) is 32.3 Å². The van der Waals surface area contributed by atoms with Gasteiger partial charge < -0.3 is 4.74 Å². The molecule has 0 aliphatic heterocycles. The molecule has 0 saturated heterocycles. The Morgan fingerprint density at radius 3 is 2.30 bits per heavy atom. The summed E-state index contributed by atoms with van der Waals surface area (Å²) in [6, 6.07) is 19.3. The van der Waals surface area contributed by atoms with Gasteiger partial charge >= 0.3 is 0 Å². The van der Waals surface area contributed by atoms with Crippen LogP contribution in [0, 0.1) is 5.82 Å². The van der Waals surface area contributed by atoms with Crippen molar-refractivity contribution >= 4 is 35.0 Å². The third-order valence-electron chi connectivity index (χ3n) is 4.49. The Hall–Kier alpha value is -2.54. The monoisotopic (exact) mass is 459 g/mol. The highest BCUT2D eigenvalue weighted by atomic mass is 35.5. The summed E-state index contributed by atoms with van der Waals surface area (Å²) >= 11 is 14.0. The molecular formula is C22H16Cl2FN3OS. The molecule has 0 unspecified atom stereocenters. The first-order valence-corrected chi connectivity index (χ1v) is 10.7. The maximum atomic E-state index is 14.5. The third-order valence-corrected chi connectivity index (χ3v) is 6.15. The normalized spacial score (nSPS) is 10.9. The molecule has 0 atom stereocenters. The zero-order chi connectivity index (χ0) is 21.1. The number of halogens is 3. The molecule has 0 spiro atoms. The molecule has 30 heavy (non-hydrogen) atoms. The Morgan fingerprint density at radius 2 is 1.63 bits per heavy atom. The standard InChI is InChI=1S/C22H16Cl2FN3OS/c1-29-15-11-9-14(10-12-15)28-21(16-5-2-3-8-20(16)25)26-27-22(28)30-13-17-18(23)6-4-7-19(17)24/h2-12H,13H2,1H3. The molecule has 0 N–H and O–H groups in total. The fourth-order valence-electron chi connectivity index (χ4n) is 2.95. The lowest BCUT2D eigenvalue weighted by Gasteiger charge is -2.12. The van der Waals surface area contributed by atoms with Crippen LogP contribution in [0.4, 0.5) is 4.39 Å². The summed E-state index contributed by atoms with van der Waals surface area (Å²) in [4.78, 5) is 0. The average molecular weight is 460 g/mol. The predicted octanol–water partition coefficient (Wildman–Crippen LogP) is 6.68. The average Bonchev–Trinajstić information content (AvgIpc) is 3.17. The first kappa shape index (κ1) is 20.7. The van der Waals surface area contributed by atoms with Gasteiger partial charge in [-0.15, -0.1) is 10.2 Å². The lowest BCUT2D eigenvalue weighted by atomic mass is 10.2. The second kappa shape index (κ2) is 9.08. The lowest BCUT2D eigenvalue weighted by molar-refractivity contribution is 0.414. The van der Waals surface area contributed by atoms with E-state index in [1.165, 1.54) is 17.8 Å². The van der Waals surface area contributed by atoms with Crippen LogP contribution in [0.25, 0.3) is 17.1 Å². The highest BCUT2D eigenvalue weighted by Gasteiger charge is 2.19. The molecule has 0 radical (unpaired) electrons. The van der Waals surface area contributed by atoms with Crippen molar-refractivity contribution in [1.29, 1.82) is 0 Å². The number of nitrogens with zero attached hydrogens (tertiary/aromatic N) is 3. The minimum Gasteiger partial charge on any atom is -0.497 e. The predicted molar refractivity (Wildman–Crippen MR) is 119 cm³/mol. The molecular weight excluding hydrogens is 444 g/mol. The van der Waals surface area contributed by atoms with Gasteiger partial charge in [0.05, 0.1) is 18.4 Å². The van der Waals surface area contributed by atoms with E-state index in [-0.39, 0.29) is 5.82 Å². The second-order valence-electron chi connectivity index (χ2n) is 6.31. The Balaban J connectivity index is 1.77. The van der Waals surface area contributed by atoms with Gasteiger partial charge in [0.2, 0.25) is 0 Å². The molecule has 0 amide bonds. The number of methoxy groups -OCH3 is 1. The van der Waals surface area contributed by atoms with Crippen LogP contribution in [0.1, 0.15) is 5.56 Å². The fourth-order valence-corrected chi connectivity index (χ4v) is 4.64. The van der Waals surface area contributed by atoms with Gasteiger partial charge in [0.1, 0.15) is 11.6 Å². The molecule has 8 heteroatoms. The minimum absolute atomic E-state index is 0.364. The van der Waals surface area contributed by atoms with Crippen LogP contribution in [0.15, 0.2) is 71.9 Å². The van der Waals surface area contributed by atoms with Crippen LogP contribution in [-0.2, 0) is 5.75 Å². The van der Waals surface area contributed by atoms with Crippen molar-refractivity contribution in [3.8, 4) is 22.8 Å². The van der Waals surface area contributed by atoms with E-state index in [1.807, 2.05) is 28.8 Å². The molecule has 1 aromatic heterocycles. The summed E-state index contributed by atoms with van der Waals surface area (Å²) in [5.41, 5.74) is 1.96. The number of benzene rings is 3. The molecule has 1 heterocycles. The number of hydrogen-bond acceptors (Lipinski definition) is 4. The first-order valence-electron chi connectivity index (χ1n) is 8.99. The van der Waals surface area contributed by atoms with E-state index < -0.39 is 0 Å². The molecule has 0 fully saturated rings. The smallest absolute Gasteiger partial charge is 0.196 e. The molecule has 0 aliphatic rings. The van der Waals surface area contributed by atoms with Crippen molar-refractivity contribution in [2.75, 3.05) is 7.11 Å². The highest BCUT2D eigenvalue weighted by Crippen LogP contribution is 2.34. The van der Waals surface area contributed by atoms with Crippen LogP contribution in [-0.4, -0.2) is 21.9 Å².